The molecule has 2 aromatic carbocycles. The van der Waals surface area contributed by atoms with Crippen molar-refractivity contribution in [3.05, 3.63) is 48.0 Å². The fraction of sp³-hybridized carbons (Fsp3) is 0.517. The van der Waals surface area contributed by atoms with Crippen LogP contribution >= 0.6 is 0 Å². The van der Waals surface area contributed by atoms with Crippen LogP contribution in [0.3, 0.4) is 0 Å². The third-order valence-corrected chi connectivity index (χ3v) is 7.28. The summed E-state index contributed by atoms with van der Waals surface area (Å²) in [6, 6.07) is 11.4. The first-order valence-electron chi connectivity index (χ1n) is 13.9. The molecule has 3 atom stereocenters. The van der Waals surface area contributed by atoms with E-state index in [1.54, 1.807) is 4.90 Å². The molecule has 0 aliphatic carbocycles. The van der Waals surface area contributed by atoms with E-state index in [0.29, 0.717) is 71.0 Å². The van der Waals surface area contributed by atoms with Gasteiger partial charge in [-0.3, -0.25) is 19.2 Å². The van der Waals surface area contributed by atoms with Crippen LogP contribution in [0.1, 0.15) is 56.9 Å². The highest BCUT2D eigenvalue weighted by molar-refractivity contribution is 5.95. The molecule has 212 valence electrons. The second-order valence-corrected chi connectivity index (χ2v) is 10.2. The van der Waals surface area contributed by atoms with Crippen molar-refractivity contribution in [2.75, 3.05) is 19.6 Å². The number of rotatable bonds is 15. The lowest BCUT2D eigenvalue weighted by atomic mass is 10.0. The summed E-state index contributed by atoms with van der Waals surface area (Å²) in [4.78, 5) is 53.4. The van der Waals surface area contributed by atoms with Gasteiger partial charge in [0.25, 0.3) is 0 Å². The maximum atomic E-state index is 13.4. The van der Waals surface area contributed by atoms with Gasteiger partial charge in [0.15, 0.2) is 0 Å². The Morgan fingerprint density at radius 1 is 0.872 bits per heavy atom. The van der Waals surface area contributed by atoms with Gasteiger partial charge in [0, 0.05) is 6.54 Å². The number of nitrogens with zero attached hydrogens (tertiary/aromatic N) is 1. The molecule has 3 rings (SSSR count). The normalized spacial score (nSPS) is 16.6. The highest BCUT2D eigenvalue weighted by atomic mass is 16.2. The van der Waals surface area contributed by atoms with E-state index in [9.17, 15) is 19.2 Å². The minimum Gasteiger partial charge on any atom is -0.368 e. The van der Waals surface area contributed by atoms with Crippen molar-refractivity contribution < 1.29 is 19.2 Å². The van der Waals surface area contributed by atoms with Gasteiger partial charge in [-0.05, 0) is 80.8 Å². The molecular formula is C29H42N6O4. The summed E-state index contributed by atoms with van der Waals surface area (Å²) in [7, 11) is 0. The number of primary amides is 1. The van der Waals surface area contributed by atoms with E-state index in [2.05, 4.69) is 10.6 Å². The molecule has 1 aliphatic rings. The topological polar surface area (TPSA) is 174 Å². The van der Waals surface area contributed by atoms with Crippen LogP contribution in [0.2, 0.25) is 0 Å². The van der Waals surface area contributed by atoms with Gasteiger partial charge in [0.05, 0.1) is 6.42 Å². The maximum Gasteiger partial charge on any atom is 0.243 e. The number of hydrogen-bond donors (Lipinski definition) is 5. The molecule has 0 radical (unpaired) electrons. The van der Waals surface area contributed by atoms with Gasteiger partial charge in [0.2, 0.25) is 23.6 Å². The number of amides is 4. The van der Waals surface area contributed by atoms with Gasteiger partial charge >= 0.3 is 0 Å². The smallest absolute Gasteiger partial charge is 0.243 e. The second-order valence-electron chi connectivity index (χ2n) is 10.2. The lowest BCUT2D eigenvalue weighted by molar-refractivity contribution is -0.139. The lowest BCUT2D eigenvalue weighted by Crippen LogP contribution is -2.56. The molecule has 0 spiro atoms. The summed E-state index contributed by atoms with van der Waals surface area (Å²) in [6.45, 7) is 1.43. The zero-order valence-corrected chi connectivity index (χ0v) is 22.6. The highest BCUT2D eigenvalue weighted by Crippen LogP contribution is 2.23. The van der Waals surface area contributed by atoms with E-state index >= 15 is 0 Å². The number of hydrogen-bond acceptors (Lipinski definition) is 6. The third-order valence-electron chi connectivity index (χ3n) is 7.28. The Bertz CT molecular complexity index is 1130. The Hall–Kier alpha value is -3.50. The second kappa shape index (κ2) is 15.2. The Morgan fingerprint density at radius 3 is 2.23 bits per heavy atom. The van der Waals surface area contributed by atoms with Crippen LogP contribution < -0.4 is 27.8 Å². The van der Waals surface area contributed by atoms with E-state index in [1.807, 2.05) is 42.5 Å². The number of benzene rings is 2. The number of likely N-dealkylation sites (tertiary alicyclic amines) is 1. The number of nitrogens with one attached hydrogen (secondary N) is 2. The van der Waals surface area contributed by atoms with E-state index in [4.69, 9.17) is 17.2 Å². The van der Waals surface area contributed by atoms with Gasteiger partial charge < -0.3 is 32.7 Å². The molecule has 2 unspecified atom stereocenters. The average Bonchev–Trinajstić information content (AvgIpc) is 3.43. The van der Waals surface area contributed by atoms with Crippen molar-refractivity contribution >= 4 is 34.4 Å². The summed E-state index contributed by atoms with van der Waals surface area (Å²) < 4.78 is 0. The first-order chi connectivity index (χ1) is 18.8. The molecule has 1 fully saturated rings. The molecular weight excluding hydrogens is 496 g/mol. The third kappa shape index (κ3) is 8.49. The first-order valence-corrected chi connectivity index (χ1v) is 13.9. The Morgan fingerprint density at radius 2 is 1.54 bits per heavy atom. The molecule has 10 nitrogen and oxygen atoms in total. The van der Waals surface area contributed by atoms with Gasteiger partial charge in [-0.2, -0.15) is 0 Å². The molecule has 39 heavy (non-hydrogen) atoms. The van der Waals surface area contributed by atoms with Crippen molar-refractivity contribution in [1.29, 1.82) is 0 Å². The molecule has 0 bridgehead atoms. The molecule has 8 N–H and O–H groups in total. The number of unbranched alkanes of at least 4 members (excludes halogenated alkanes) is 2. The summed E-state index contributed by atoms with van der Waals surface area (Å²) in [5, 5.41) is 7.62. The lowest BCUT2D eigenvalue weighted by Gasteiger charge is -2.27. The van der Waals surface area contributed by atoms with Crippen molar-refractivity contribution in [1.82, 2.24) is 15.5 Å². The van der Waals surface area contributed by atoms with Gasteiger partial charge in [0.1, 0.15) is 18.1 Å². The molecule has 2 aromatic rings. The molecule has 10 heteroatoms. The summed E-state index contributed by atoms with van der Waals surface area (Å²) in [6.07, 6.45) is 4.81. The minimum atomic E-state index is -0.865. The standard InChI is InChI=1S/C29H42N6O4/c30-16-5-3-13-23(27(32)37)33-28(38)24(14-4-6-17-31)34-29(39)25-15-8-18-35(25)26(36)19-21-11-7-10-20-9-1-2-12-22(20)21/h1-2,7,9-12,23-25H,3-6,8,13-19,30-31H2,(H2,32,37)(H,33,38)(H,34,39)/t23?,24?,25-/m0/s1. The number of carbonyl (C=O) groups is 4. The van der Waals surface area contributed by atoms with Crippen LogP contribution in [0.4, 0.5) is 0 Å². The number of nitrogens with two attached hydrogens (primary N) is 3. The van der Waals surface area contributed by atoms with Gasteiger partial charge in [-0.1, -0.05) is 42.5 Å². The summed E-state index contributed by atoms with van der Waals surface area (Å²) >= 11 is 0. The zero-order chi connectivity index (χ0) is 28.2. The molecule has 4 amide bonds. The monoisotopic (exact) mass is 538 g/mol. The van der Waals surface area contributed by atoms with E-state index in [-0.39, 0.29) is 18.2 Å². The Labute approximate surface area is 230 Å². The van der Waals surface area contributed by atoms with E-state index < -0.39 is 29.9 Å². The highest BCUT2D eigenvalue weighted by Gasteiger charge is 2.36. The quantitative estimate of drug-likeness (QED) is 0.212. The molecule has 1 heterocycles. The number of fused-ring (bicyclic) bond motifs is 1. The summed E-state index contributed by atoms with van der Waals surface area (Å²) in [5.74, 6) is -1.59. The fourth-order valence-electron chi connectivity index (χ4n) is 5.13. The van der Waals surface area contributed by atoms with E-state index in [1.165, 1.54) is 0 Å². The predicted molar refractivity (Wildman–Crippen MR) is 151 cm³/mol. The number of carbonyl (C=O) groups excluding carboxylic acids is 4. The van der Waals surface area contributed by atoms with Crippen molar-refractivity contribution in [3.8, 4) is 0 Å². The first kappa shape index (κ1) is 30.0. The maximum absolute atomic E-state index is 13.4. The van der Waals surface area contributed by atoms with E-state index in [0.717, 1.165) is 16.3 Å². The molecule has 1 saturated heterocycles. The van der Waals surface area contributed by atoms with Crippen molar-refractivity contribution in [3.63, 3.8) is 0 Å². The fourth-order valence-corrected chi connectivity index (χ4v) is 5.13. The van der Waals surface area contributed by atoms with Crippen molar-refractivity contribution in [2.45, 2.75) is 75.9 Å². The SMILES string of the molecule is NCCCCC(NC(=O)C(CCCCN)NC(=O)[C@@H]1CCCN1C(=O)Cc1cccc2ccccc12)C(N)=O. The molecule has 0 aromatic heterocycles. The van der Waals surface area contributed by atoms with Crippen LogP contribution in [-0.4, -0.2) is 66.3 Å². The Balaban J connectivity index is 1.68. The van der Waals surface area contributed by atoms with Crippen molar-refractivity contribution in [2.24, 2.45) is 17.2 Å². The minimum absolute atomic E-state index is 0.123. The van der Waals surface area contributed by atoms with Crippen LogP contribution in [0, 0.1) is 0 Å². The average molecular weight is 539 g/mol. The van der Waals surface area contributed by atoms with Crippen LogP contribution in [-0.2, 0) is 25.6 Å². The molecule has 1 aliphatic heterocycles. The van der Waals surface area contributed by atoms with Gasteiger partial charge in [-0.15, -0.1) is 0 Å². The molecule has 0 saturated carbocycles. The van der Waals surface area contributed by atoms with Crippen LogP contribution in [0.25, 0.3) is 10.8 Å². The van der Waals surface area contributed by atoms with Gasteiger partial charge in [-0.25, -0.2) is 0 Å². The predicted octanol–water partition coefficient (Wildman–Crippen LogP) is 1.09. The van der Waals surface area contributed by atoms with Crippen LogP contribution in [0.5, 0.6) is 0 Å². The Kier molecular flexibility index (Phi) is 11.7. The largest absolute Gasteiger partial charge is 0.368 e. The van der Waals surface area contributed by atoms with Crippen LogP contribution in [0.15, 0.2) is 42.5 Å². The zero-order valence-electron chi connectivity index (χ0n) is 22.6. The summed E-state index contributed by atoms with van der Waals surface area (Å²) in [5.41, 5.74) is 17.6.